The van der Waals surface area contributed by atoms with Crippen LogP contribution >= 0.6 is 11.3 Å². The van der Waals surface area contributed by atoms with Crippen molar-refractivity contribution in [1.82, 2.24) is 14.1 Å². The van der Waals surface area contributed by atoms with Gasteiger partial charge in [0.2, 0.25) is 0 Å². The van der Waals surface area contributed by atoms with Gasteiger partial charge in [-0.2, -0.15) is 0 Å². The Morgan fingerprint density at radius 3 is 2.21 bits per heavy atom. The van der Waals surface area contributed by atoms with Crippen LogP contribution < -0.4 is 17.0 Å². The Morgan fingerprint density at radius 2 is 1.54 bits per heavy atom. The van der Waals surface area contributed by atoms with E-state index in [-0.39, 0.29) is 23.4 Å². The molecule has 2 heterocycles. The molecule has 5 rings (SSSR count). The van der Waals surface area contributed by atoms with Gasteiger partial charge in [0.1, 0.15) is 11.6 Å². The topological polar surface area (TPSA) is 82.9 Å². The van der Waals surface area contributed by atoms with E-state index in [2.05, 4.69) is 0 Å². The van der Waals surface area contributed by atoms with Gasteiger partial charge in [-0.05, 0) is 30.2 Å². The number of hydrogen-bond acceptors (Lipinski definition) is 5. The smallest absolute Gasteiger partial charge is 0.322 e. The van der Waals surface area contributed by atoms with E-state index in [1.165, 1.54) is 22.0 Å². The van der Waals surface area contributed by atoms with Gasteiger partial charge in [0, 0.05) is 29.1 Å². The van der Waals surface area contributed by atoms with Crippen molar-refractivity contribution in [2.45, 2.75) is 32.5 Å². The third-order valence-corrected chi connectivity index (χ3v) is 7.53. The monoisotopic (exact) mass is 544 g/mol. The van der Waals surface area contributed by atoms with Gasteiger partial charge in [0.05, 0.1) is 29.4 Å². The Bertz CT molecular complexity index is 1710. The summed E-state index contributed by atoms with van der Waals surface area (Å²) in [6.07, 6.45) is 0.581. The molecule has 0 saturated carbocycles. The second kappa shape index (κ2) is 11.3. The van der Waals surface area contributed by atoms with Gasteiger partial charge in [-0.3, -0.25) is 13.9 Å². The molecule has 0 amide bonds. The molecule has 0 aliphatic rings. The average Bonchev–Trinajstić information content (AvgIpc) is 3.39. The van der Waals surface area contributed by atoms with Gasteiger partial charge in [-0.1, -0.05) is 66.7 Å². The highest BCUT2D eigenvalue weighted by Gasteiger charge is 2.23. The molecule has 0 radical (unpaired) electrons. The van der Waals surface area contributed by atoms with Gasteiger partial charge >= 0.3 is 5.69 Å². The minimum atomic E-state index is -0.777. The number of nitrogens with two attached hydrogens (primary N) is 1. The summed E-state index contributed by atoms with van der Waals surface area (Å²) in [7, 11) is 0. The molecule has 6 nitrogen and oxygen atoms in total. The second-order valence-corrected chi connectivity index (χ2v) is 10.2. The summed E-state index contributed by atoms with van der Waals surface area (Å²) in [4.78, 5) is 32.1. The minimum Gasteiger partial charge on any atom is -0.322 e. The van der Waals surface area contributed by atoms with E-state index >= 15 is 0 Å². The van der Waals surface area contributed by atoms with Crippen molar-refractivity contribution >= 4 is 11.3 Å². The van der Waals surface area contributed by atoms with E-state index in [1.54, 1.807) is 12.3 Å². The first-order valence-electron chi connectivity index (χ1n) is 12.4. The highest BCUT2D eigenvalue weighted by atomic mass is 32.1. The van der Waals surface area contributed by atoms with Crippen molar-refractivity contribution < 1.29 is 8.78 Å². The predicted molar refractivity (Wildman–Crippen MR) is 149 cm³/mol. The molecule has 9 heteroatoms. The van der Waals surface area contributed by atoms with E-state index in [0.717, 1.165) is 32.8 Å². The van der Waals surface area contributed by atoms with E-state index in [0.29, 0.717) is 12.1 Å². The molecule has 0 bridgehead atoms. The Balaban J connectivity index is 1.63. The molecule has 0 aliphatic carbocycles. The Hall–Kier alpha value is -4.21. The number of nitrogens with zero attached hydrogens (tertiary/aromatic N) is 3. The van der Waals surface area contributed by atoms with Crippen molar-refractivity contribution in [3.8, 4) is 11.3 Å². The average molecular weight is 545 g/mol. The molecule has 0 spiro atoms. The van der Waals surface area contributed by atoms with Crippen LogP contribution in [0.25, 0.3) is 11.3 Å². The van der Waals surface area contributed by atoms with E-state index in [4.69, 9.17) is 10.7 Å². The molecule has 2 aromatic heterocycles. The molecule has 39 heavy (non-hydrogen) atoms. The third-order valence-electron chi connectivity index (χ3n) is 6.68. The van der Waals surface area contributed by atoms with Gasteiger partial charge in [-0.15, -0.1) is 11.3 Å². The third kappa shape index (κ3) is 5.50. The van der Waals surface area contributed by atoms with Gasteiger partial charge in [-0.25, -0.2) is 18.6 Å². The minimum absolute atomic E-state index is 0.115. The van der Waals surface area contributed by atoms with Crippen LogP contribution in [-0.4, -0.2) is 14.1 Å². The van der Waals surface area contributed by atoms with Crippen LogP contribution in [-0.2, 0) is 19.5 Å². The molecule has 198 valence electrons. The fourth-order valence-electron chi connectivity index (χ4n) is 4.56. The number of benzene rings is 3. The summed E-state index contributed by atoms with van der Waals surface area (Å²) in [6.45, 7) is 1.09. The zero-order valence-electron chi connectivity index (χ0n) is 21.2. The Kier molecular flexibility index (Phi) is 7.63. The van der Waals surface area contributed by atoms with Crippen molar-refractivity contribution in [2.75, 3.05) is 0 Å². The zero-order chi connectivity index (χ0) is 27.5. The van der Waals surface area contributed by atoms with Gasteiger partial charge in [0.15, 0.2) is 0 Å². The van der Waals surface area contributed by atoms with Crippen LogP contribution in [0.15, 0.2) is 93.8 Å². The number of aromatic nitrogens is 3. The van der Waals surface area contributed by atoms with Crippen LogP contribution in [0.5, 0.6) is 0 Å². The largest absolute Gasteiger partial charge is 0.331 e. The lowest BCUT2D eigenvalue weighted by atomic mass is 10.1. The maximum absolute atomic E-state index is 14.6. The molecule has 2 N–H and O–H groups in total. The van der Waals surface area contributed by atoms with Crippen LogP contribution in [0.1, 0.15) is 33.4 Å². The number of rotatable bonds is 8. The molecular weight excluding hydrogens is 518 g/mol. The standard InChI is InChI=1S/C30H26F2N4O2S/c1-19-28(26-18-39-27(34-26)15-20-9-4-2-5-10-20)29(37)36(17-25(33)21-11-6-3-7-12-21)30(38)35(19)16-22-23(31)13-8-14-24(22)32/h2-14,18,25H,15-17,33H2,1H3/t25-/m0/s1. The van der Waals surface area contributed by atoms with Crippen LogP contribution in [0.3, 0.4) is 0 Å². The molecule has 3 aromatic carbocycles. The first kappa shape index (κ1) is 26.4. The first-order chi connectivity index (χ1) is 18.8. The van der Waals surface area contributed by atoms with E-state index in [1.807, 2.05) is 60.7 Å². The summed E-state index contributed by atoms with van der Waals surface area (Å²) in [5.74, 6) is -1.55. The lowest BCUT2D eigenvalue weighted by Crippen LogP contribution is -2.44. The SMILES string of the molecule is Cc1c(-c2csc(Cc3ccccc3)n2)c(=O)n(C[C@H](N)c2ccccc2)c(=O)n1Cc1c(F)cccc1F. The normalized spacial score (nSPS) is 12.0. The molecule has 0 unspecified atom stereocenters. The fraction of sp³-hybridized carbons (Fsp3) is 0.167. The van der Waals surface area contributed by atoms with Crippen LogP contribution in [0, 0.1) is 18.6 Å². The lowest BCUT2D eigenvalue weighted by Gasteiger charge is -2.19. The number of thiazole rings is 1. The van der Waals surface area contributed by atoms with Gasteiger partial charge < -0.3 is 5.73 Å². The molecule has 0 fully saturated rings. The van der Waals surface area contributed by atoms with Crippen molar-refractivity contribution in [3.63, 3.8) is 0 Å². The van der Waals surface area contributed by atoms with E-state index < -0.39 is 35.5 Å². The Labute approximate surface area is 227 Å². The van der Waals surface area contributed by atoms with Crippen molar-refractivity contribution in [2.24, 2.45) is 5.73 Å². The summed E-state index contributed by atoms with van der Waals surface area (Å²) >= 11 is 1.40. The molecule has 1 atom stereocenters. The van der Waals surface area contributed by atoms with E-state index in [9.17, 15) is 18.4 Å². The fourth-order valence-corrected chi connectivity index (χ4v) is 5.38. The lowest BCUT2D eigenvalue weighted by molar-refractivity contribution is 0.493. The van der Waals surface area contributed by atoms with Crippen molar-refractivity contribution in [3.05, 3.63) is 144 Å². The zero-order valence-corrected chi connectivity index (χ0v) is 22.0. The maximum atomic E-state index is 14.6. The van der Waals surface area contributed by atoms with Crippen LogP contribution in [0.4, 0.5) is 8.78 Å². The highest BCUT2D eigenvalue weighted by molar-refractivity contribution is 7.10. The maximum Gasteiger partial charge on any atom is 0.331 e. The molecule has 0 saturated heterocycles. The predicted octanol–water partition coefficient (Wildman–Crippen LogP) is 5.06. The summed E-state index contributed by atoms with van der Waals surface area (Å²) in [5, 5.41) is 2.56. The number of halogens is 2. The summed E-state index contributed by atoms with van der Waals surface area (Å²) in [6, 6.07) is 21.8. The van der Waals surface area contributed by atoms with Gasteiger partial charge in [0.25, 0.3) is 5.56 Å². The molecule has 0 aliphatic heterocycles. The number of hydrogen-bond donors (Lipinski definition) is 1. The second-order valence-electron chi connectivity index (χ2n) is 9.25. The highest BCUT2D eigenvalue weighted by Crippen LogP contribution is 2.24. The summed E-state index contributed by atoms with van der Waals surface area (Å²) in [5.41, 5.74) is 7.56. The quantitative estimate of drug-likeness (QED) is 0.296. The van der Waals surface area contributed by atoms with Crippen LogP contribution in [0.2, 0.25) is 0 Å². The molecular formula is C30H26F2N4O2S. The summed E-state index contributed by atoms with van der Waals surface area (Å²) < 4.78 is 31.4. The Morgan fingerprint density at radius 1 is 0.897 bits per heavy atom. The first-order valence-corrected chi connectivity index (χ1v) is 13.3. The molecule has 5 aromatic rings. The van der Waals surface area contributed by atoms with Crippen molar-refractivity contribution in [1.29, 1.82) is 0 Å².